The number of ether oxygens (including phenoxy) is 3. The van der Waals surface area contributed by atoms with E-state index in [9.17, 15) is 29.7 Å². The molecule has 6 aromatic carbocycles. The van der Waals surface area contributed by atoms with Crippen LogP contribution in [0, 0.1) is 40.8 Å². The standard InChI is InChI=1S/3C18H18O3.Nd/c3*1-2-3-6-12-9-10-16-14(17(12)18(19)20)11-13-7-4-5-8-15(13)21-16;/h3*4-5,7-10H,2-3,6,11H2,1H3,(H,19,20);/q;;;+3/p-3. The van der Waals surface area contributed by atoms with Crippen LogP contribution in [0.15, 0.2) is 109 Å². The SMILES string of the molecule is CCCCc1ccc2c(c1C(=O)[O-])Cc1ccccc1O2.CCCCc1ccc2c(c1C(=O)[O-])Cc1ccccc1O2.CCCCc1ccc2c(c1C(=O)[O-])Cc1ccccc1O2.[Nd+3]. The molecule has 3 aliphatic rings. The predicted octanol–water partition coefficient (Wildman–Crippen LogP) is 9.27. The molecule has 1 radical (unpaired) electrons. The molecule has 0 amide bonds. The molecule has 0 aliphatic carbocycles. The topological polar surface area (TPSA) is 148 Å². The van der Waals surface area contributed by atoms with Gasteiger partial charge in [0.05, 0.1) is 17.9 Å². The zero-order valence-corrected chi connectivity index (χ0v) is 39.8. The molecule has 0 bridgehead atoms. The van der Waals surface area contributed by atoms with Crippen molar-refractivity contribution in [1.29, 1.82) is 0 Å². The summed E-state index contributed by atoms with van der Waals surface area (Å²) in [6, 6.07) is 34.4. The van der Waals surface area contributed by atoms with E-state index >= 15 is 0 Å². The molecule has 9 rings (SSSR count). The fourth-order valence-electron chi connectivity index (χ4n) is 8.51. The molecule has 0 N–H and O–H groups in total. The maximum atomic E-state index is 11.6. The molecule has 0 unspecified atom stereocenters. The van der Waals surface area contributed by atoms with Crippen molar-refractivity contribution in [1.82, 2.24) is 0 Å². The van der Waals surface area contributed by atoms with Crippen molar-refractivity contribution in [2.24, 2.45) is 0 Å². The van der Waals surface area contributed by atoms with Crippen molar-refractivity contribution in [2.45, 2.75) is 97.8 Å². The van der Waals surface area contributed by atoms with Gasteiger partial charge >= 0.3 is 40.8 Å². The second-order valence-corrected chi connectivity index (χ2v) is 16.1. The van der Waals surface area contributed by atoms with Crippen molar-refractivity contribution in [2.75, 3.05) is 0 Å². The van der Waals surface area contributed by atoms with Crippen LogP contribution in [0.25, 0.3) is 0 Å². The van der Waals surface area contributed by atoms with E-state index in [2.05, 4.69) is 20.8 Å². The first-order chi connectivity index (χ1) is 30.6. The summed E-state index contributed by atoms with van der Waals surface area (Å²) >= 11 is 0. The number of aromatic carboxylic acids is 3. The van der Waals surface area contributed by atoms with E-state index in [-0.39, 0.29) is 40.8 Å². The number of carbonyl (C=O) groups is 3. The van der Waals surface area contributed by atoms with Crippen LogP contribution in [-0.4, -0.2) is 17.9 Å². The number of hydrogen-bond acceptors (Lipinski definition) is 9. The Balaban J connectivity index is 0.000000158. The van der Waals surface area contributed by atoms with Crippen molar-refractivity contribution >= 4 is 17.9 Å². The summed E-state index contributed by atoms with van der Waals surface area (Å²) in [5, 5.41) is 34.8. The van der Waals surface area contributed by atoms with Crippen LogP contribution in [-0.2, 0) is 38.5 Å². The van der Waals surface area contributed by atoms with E-state index < -0.39 is 17.9 Å². The normalized spacial score (nSPS) is 12.0. The summed E-state index contributed by atoms with van der Waals surface area (Å²) < 4.78 is 17.5. The van der Waals surface area contributed by atoms with Gasteiger partial charge in [0.25, 0.3) is 0 Å². The Labute approximate surface area is 408 Å². The van der Waals surface area contributed by atoms with E-state index in [0.29, 0.717) is 53.2 Å². The number of carbonyl (C=O) groups excluding carboxylic acids is 3. The van der Waals surface area contributed by atoms with Gasteiger partial charge in [-0.05, 0) is 108 Å². The molecule has 0 fully saturated rings. The van der Waals surface area contributed by atoms with Crippen LogP contribution < -0.4 is 29.5 Å². The van der Waals surface area contributed by atoms with Gasteiger partial charge in [0.1, 0.15) is 34.5 Å². The third kappa shape index (κ3) is 10.9. The maximum Gasteiger partial charge on any atom is 3.00 e. The van der Waals surface area contributed by atoms with Gasteiger partial charge in [-0.2, -0.15) is 0 Å². The average molecular weight is 988 g/mol. The molecule has 0 spiro atoms. The molecule has 9 nitrogen and oxygen atoms in total. The molecule has 0 atom stereocenters. The summed E-state index contributed by atoms with van der Waals surface area (Å²) in [5.74, 6) is 0.971. The average Bonchev–Trinajstić information content (AvgIpc) is 3.29. The minimum absolute atomic E-state index is 0. The van der Waals surface area contributed by atoms with Crippen molar-refractivity contribution in [3.63, 3.8) is 0 Å². The third-order valence-electron chi connectivity index (χ3n) is 11.8. The molecule has 3 aliphatic heterocycles. The van der Waals surface area contributed by atoms with Gasteiger partial charge in [0.15, 0.2) is 0 Å². The molecule has 325 valence electrons. The number of para-hydroxylation sites is 3. The maximum absolute atomic E-state index is 11.6. The number of carboxylic acids is 3. The van der Waals surface area contributed by atoms with Gasteiger partial charge < -0.3 is 43.9 Å². The van der Waals surface area contributed by atoms with Crippen LogP contribution in [0.3, 0.4) is 0 Å². The van der Waals surface area contributed by atoms with E-state index in [1.165, 1.54) is 0 Å². The molecule has 3 heterocycles. The van der Waals surface area contributed by atoms with Gasteiger partial charge in [-0.25, -0.2) is 0 Å². The van der Waals surface area contributed by atoms with Crippen LogP contribution in [0.4, 0.5) is 0 Å². The largest absolute Gasteiger partial charge is 3.00 e. The van der Waals surface area contributed by atoms with Crippen molar-refractivity contribution in [3.8, 4) is 34.5 Å². The summed E-state index contributed by atoms with van der Waals surface area (Å²) in [4.78, 5) is 34.8. The molecule has 10 heteroatoms. The fourth-order valence-corrected chi connectivity index (χ4v) is 8.51. The number of rotatable bonds is 12. The molecule has 6 aromatic rings. The Hall–Kier alpha value is -5.52. The summed E-state index contributed by atoms with van der Waals surface area (Å²) in [6.45, 7) is 6.28. The Morgan fingerprint density at radius 1 is 0.406 bits per heavy atom. The number of fused-ring (bicyclic) bond motifs is 6. The molecular weight excluding hydrogens is 937 g/mol. The van der Waals surface area contributed by atoms with E-state index in [0.717, 1.165) is 125 Å². The Morgan fingerprint density at radius 2 is 0.672 bits per heavy atom. The Morgan fingerprint density at radius 3 is 0.922 bits per heavy atom. The molecule has 64 heavy (non-hydrogen) atoms. The molecular formula is C54H51NdO9. The molecule has 0 saturated heterocycles. The van der Waals surface area contributed by atoms with Crippen LogP contribution in [0.1, 0.15) is 140 Å². The second kappa shape index (κ2) is 22.4. The predicted molar refractivity (Wildman–Crippen MR) is 236 cm³/mol. The second-order valence-electron chi connectivity index (χ2n) is 16.1. The minimum Gasteiger partial charge on any atom is -0.545 e. The zero-order valence-electron chi connectivity index (χ0n) is 36.6. The molecule has 0 saturated carbocycles. The zero-order chi connectivity index (χ0) is 44.5. The van der Waals surface area contributed by atoms with Crippen LogP contribution in [0.5, 0.6) is 34.5 Å². The minimum atomic E-state index is -1.11. The third-order valence-corrected chi connectivity index (χ3v) is 11.8. The first-order valence-electron chi connectivity index (χ1n) is 22.0. The van der Waals surface area contributed by atoms with Crippen LogP contribution >= 0.6 is 0 Å². The number of carboxylic acid groups (broad SMARTS) is 3. The smallest absolute Gasteiger partial charge is 0.545 e. The van der Waals surface area contributed by atoms with Gasteiger partial charge in [0, 0.05) is 52.6 Å². The Bertz CT molecular complexity index is 2360. The monoisotopic (exact) mass is 985 g/mol. The summed E-state index contributed by atoms with van der Waals surface area (Å²) in [7, 11) is 0. The van der Waals surface area contributed by atoms with Gasteiger partial charge in [0.2, 0.25) is 0 Å². The summed E-state index contributed by atoms with van der Waals surface area (Å²) in [5.41, 5.74) is 8.74. The molecule has 0 aromatic heterocycles. The van der Waals surface area contributed by atoms with Gasteiger partial charge in [-0.15, -0.1) is 0 Å². The number of aryl methyl sites for hydroxylation is 3. The number of benzene rings is 6. The first kappa shape index (κ1) is 47.9. The van der Waals surface area contributed by atoms with Crippen LogP contribution in [0.2, 0.25) is 0 Å². The quantitative estimate of drug-likeness (QED) is 0.117. The Kier molecular flexibility index (Phi) is 16.8. The number of hydrogen-bond donors (Lipinski definition) is 0. The first-order valence-corrected chi connectivity index (χ1v) is 22.0. The van der Waals surface area contributed by atoms with Gasteiger partial charge in [-0.1, -0.05) is 113 Å². The fraction of sp³-hybridized carbons (Fsp3) is 0.278. The van der Waals surface area contributed by atoms with Crippen molar-refractivity contribution in [3.05, 3.63) is 176 Å². The van der Waals surface area contributed by atoms with Gasteiger partial charge in [-0.3, -0.25) is 0 Å². The van der Waals surface area contributed by atoms with E-state index in [4.69, 9.17) is 14.2 Å². The van der Waals surface area contributed by atoms with E-state index in [1.54, 1.807) is 0 Å². The van der Waals surface area contributed by atoms with E-state index in [1.807, 2.05) is 109 Å². The van der Waals surface area contributed by atoms with Crippen molar-refractivity contribution < 1.29 is 84.8 Å². The summed E-state index contributed by atoms with van der Waals surface area (Å²) in [6.07, 6.45) is 10.0. The number of unbranched alkanes of at least 4 members (excludes halogenated alkanes) is 3.